The Morgan fingerprint density at radius 2 is 2.19 bits per heavy atom. The van der Waals surface area contributed by atoms with Crippen molar-refractivity contribution in [3.05, 3.63) is 54.4 Å². The lowest BCUT2D eigenvalue weighted by Gasteiger charge is -2.34. The van der Waals surface area contributed by atoms with Crippen molar-refractivity contribution in [3.8, 4) is 5.75 Å². The van der Waals surface area contributed by atoms with E-state index in [1.807, 2.05) is 35.2 Å². The molecule has 1 aromatic carbocycles. The van der Waals surface area contributed by atoms with Gasteiger partial charge in [-0.1, -0.05) is 25.1 Å². The summed E-state index contributed by atoms with van der Waals surface area (Å²) in [5.74, 6) is 1.00. The number of aromatic nitrogens is 2. The maximum absolute atomic E-state index is 12.8. The van der Waals surface area contributed by atoms with Crippen molar-refractivity contribution in [1.82, 2.24) is 14.9 Å². The fraction of sp³-hybridized carbons (Fsp3) is 0.381. The first-order chi connectivity index (χ1) is 13.3. The number of hydrogen-bond donors (Lipinski definition) is 0. The van der Waals surface area contributed by atoms with E-state index in [4.69, 9.17) is 9.15 Å². The quantitative estimate of drug-likeness (QED) is 0.677. The van der Waals surface area contributed by atoms with Crippen LogP contribution in [0.1, 0.15) is 49.0 Å². The predicted molar refractivity (Wildman–Crippen MR) is 102 cm³/mol. The summed E-state index contributed by atoms with van der Waals surface area (Å²) in [7, 11) is 0. The number of nitrogens with zero attached hydrogens (tertiary/aromatic N) is 3. The first-order valence-corrected chi connectivity index (χ1v) is 9.48. The summed E-state index contributed by atoms with van der Waals surface area (Å²) < 4.78 is 11.3. The molecule has 0 saturated carbocycles. The third-order valence-electron chi connectivity index (χ3n) is 5.08. The number of carbonyl (C=O) groups excluding carboxylic acids is 1. The number of fused-ring (bicyclic) bond motifs is 1. The number of benzene rings is 1. The zero-order chi connectivity index (χ0) is 18.6. The lowest BCUT2D eigenvalue weighted by Crippen LogP contribution is -2.43. The lowest BCUT2D eigenvalue weighted by molar-refractivity contribution is 0.0602. The van der Waals surface area contributed by atoms with Crippen molar-refractivity contribution in [2.75, 3.05) is 6.54 Å². The number of hydrogen-bond acceptors (Lipinski definition) is 5. The second-order valence-electron chi connectivity index (χ2n) is 6.80. The van der Waals surface area contributed by atoms with E-state index in [0.717, 1.165) is 36.7 Å². The second kappa shape index (κ2) is 7.78. The maximum Gasteiger partial charge on any atom is 0.276 e. The van der Waals surface area contributed by atoms with Crippen LogP contribution in [0.4, 0.5) is 0 Å². The third kappa shape index (κ3) is 3.65. The molecule has 0 aliphatic carbocycles. The van der Waals surface area contributed by atoms with Crippen LogP contribution in [0.15, 0.2) is 47.2 Å². The van der Waals surface area contributed by atoms with Gasteiger partial charge in [0.15, 0.2) is 12.3 Å². The van der Waals surface area contributed by atoms with Crippen LogP contribution in [0.25, 0.3) is 10.9 Å². The Kier molecular flexibility index (Phi) is 5.05. The van der Waals surface area contributed by atoms with Crippen LogP contribution in [0.2, 0.25) is 0 Å². The van der Waals surface area contributed by atoms with Crippen LogP contribution in [-0.4, -0.2) is 33.4 Å². The van der Waals surface area contributed by atoms with Crippen LogP contribution in [0, 0.1) is 0 Å². The standard InChI is InChI=1S/C21H23N3O3/c1-2-16-9-3-4-12-24(16)21(25)17-13-27-19(23-17)14-26-18-10-5-7-15-8-6-11-22-20(15)18/h5-8,10-11,13,16H,2-4,9,12,14H2,1H3. The highest BCUT2D eigenvalue weighted by atomic mass is 16.5. The summed E-state index contributed by atoms with van der Waals surface area (Å²) in [5.41, 5.74) is 1.15. The van der Waals surface area contributed by atoms with E-state index in [0.29, 0.717) is 23.4 Å². The van der Waals surface area contributed by atoms with E-state index >= 15 is 0 Å². The van der Waals surface area contributed by atoms with Gasteiger partial charge in [-0.05, 0) is 37.8 Å². The molecule has 0 bridgehead atoms. The Morgan fingerprint density at radius 1 is 1.30 bits per heavy atom. The number of piperidine rings is 1. The molecule has 0 N–H and O–H groups in total. The van der Waals surface area contributed by atoms with Gasteiger partial charge in [0.05, 0.1) is 0 Å². The van der Waals surface area contributed by atoms with Gasteiger partial charge in [0.25, 0.3) is 5.91 Å². The van der Waals surface area contributed by atoms with Crippen molar-refractivity contribution in [3.63, 3.8) is 0 Å². The summed E-state index contributed by atoms with van der Waals surface area (Å²) in [4.78, 5) is 23.4. The number of para-hydroxylation sites is 1. The summed E-state index contributed by atoms with van der Waals surface area (Å²) in [6, 6.07) is 9.95. The number of rotatable bonds is 5. The molecule has 140 valence electrons. The summed E-state index contributed by atoms with van der Waals surface area (Å²) in [6.07, 6.45) is 7.42. The van der Waals surface area contributed by atoms with Crippen molar-refractivity contribution in [1.29, 1.82) is 0 Å². The molecule has 1 unspecified atom stereocenters. The Morgan fingerprint density at radius 3 is 3.07 bits per heavy atom. The van der Waals surface area contributed by atoms with Crippen LogP contribution < -0.4 is 4.74 Å². The van der Waals surface area contributed by atoms with Crippen molar-refractivity contribution >= 4 is 16.8 Å². The number of likely N-dealkylation sites (tertiary alicyclic amines) is 1. The van der Waals surface area contributed by atoms with Gasteiger partial charge in [-0.25, -0.2) is 4.98 Å². The minimum Gasteiger partial charge on any atom is -0.482 e. The topological polar surface area (TPSA) is 68.5 Å². The molecule has 27 heavy (non-hydrogen) atoms. The molecular formula is C21H23N3O3. The highest BCUT2D eigenvalue weighted by Crippen LogP contribution is 2.24. The van der Waals surface area contributed by atoms with Crippen LogP contribution >= 0.6 is 0 Å². The highest BCUT2D eigenvalue weighted by Gasteiger charge is 2.28. The minimum atomic E-state index is -0.0524. The molecule has 1 saturated heterocycles. The van der Waals surface area contributed by atoms with Crippen LogP contribution in [0.3, 0.4) is 0 Å². The number of carbonyl (C=O) groups is 1. The summed E-state index contributed by atoms with van der Waals surface area (Å²) in [5, 5.41) is 1.01. The first-order valence-electron chi connectivity index (χ1n) is 9.48. The van der Waals surface area contributed by atoms with E-state index in [1.54, 1.807) is 6.20 Å². The predicted octanol–water partition coefficient (Wildman–Crippen LogP) is 4.21. The molecule has 6 nitrogen and oxygen atoms in total. The molecule has 6 heteroatoms. The van der Waals surface area contributed by atoms with Crippen molar-refractivity contribution < 1.29 is 13.9 Å². The van der Waals surface area contributed by atoms with Gasteiger partial charge >= 0.3 is 0 Å². The van der Waals surface area contributed by atoms with Crippen LogP contribution in [-0.2, 0) is 6.61 Å². The monoisotopic (exact) mass is 365 g/mol. The molecule has 4 rings (SSSR count). The Hall–Kier alpha value is -2.89. The normalized spacial score (nSPS) is 17.2. The number of amides is 1. The van der Waals surface area contributed by atoms with Gasteiger partial charge in [0, 0.05) is 24.2 Å². The molecule has 3 heterocycles. The average molecular weight is 365 g/mol. The van der Waals surface area contributed by atoms with E-state index in [-0.39, 0.29) is 12.5 Å². The Balaban J connectivity index is 1.45. The maximum atomic E-state index is 12.8. The van der Waals surface area contributed by atoms with E-state index in [2.05, 4.69) is 16.9 Å². The fourth-order valence-corrected chi connectivity index (χ4v) is 3.65. The van der Waals surface area contributed by atoms with Gasteiger partial charge in [-0.2, -0.15) is 0 Å². The van der Waals surface area contributed by atoms with Crippen LogP contribution in [0.5, 0.6) is 5.75 Å². The van der Waals surface area contributed by atoms with Gasteiger partial charge in [0.1, 0.15) is 17.5 Å². The summed E-state index contributed by atoms with van der Waals surface area (Å²) in [6.45, 7) is 3.06. The molecule has 1 amide bonds. The number of oxazole rings is 1. The Bertz CT molecular complexity index is 932. The molecule has 2 aromatic heterocycles. The fourth-order valence-electron chi connectivity index (χ4n) is 3.65. The molecule has 3 aromatic rings. The van der Waals surface area contributed by atoms with E-state index < -0.39 is 0 Å². The van der Waals surface area contributed by atoms with Gasteiger partial charge in [-0.15, -0.1) is 0 Å². The molecule has 0 radical (unpaired) electrons. The molecule has 1 aliphatic heterocycles. The van der Waals surface area contributed by atoms with Gasteiger partial charge < -0.3 is 14.1 Å². The van der Waals surface area contributed by atoms with Gasteiger partial charge in [-0.3, -0.25) is 9.78 Å². The summed E-state index contributed by atoms with van der Waals surface area (Å²) >= 11 is 0. The largest absolute Gasteiger partial charge is 0.482 e. The van der Waals surface area contributed by atoms with E-state index in [9.17, 15) is 4.79 Å². The second-order valence-corrected chi connectivity index (χ2v) is 6.80. The minimum absolute atomic E-state index is 0.0524. The molecule has 0 spiro atoms. The third-order valence-corrected chi connectivity index (χ3v) is 5.08. The molecule has 1 atom stereocenters. The molecule has 1 fully saturated rings. The first kappa shape index (κ1) is 17.5. The smallest absolute Gasteiger partial charge is 0.276 e. The average Bonchev–Trinajstić information content (AvgIpc) is 3.20. The number of ether oxygens (including phenoxy) is 1. The lowest BCUT2D eigenvalue weighted by atomic mass is 10.00. The zero-order valence-corrected chi connectivity index (χ0v) is 15.4. The van der Waals surface area contributed by atoms with Crippen molar-refractivity contribution in [2.24, 2.45) is 0 Å². The SMILES string of the molecule is CCC1CCCCN1C(=O)c1coc(COc2cccc3cccnc23)n1. The highest BCUT2D eigenvalue weighted by molar-refractivity contribution is 5.92. The molecule has 1 aliphatic rings. The number of pyridine rings is 1. The molecular weight excluding hydrogens is 342 g/mol. The van der Waals surface area contributed by atoms with Gasteiger partial charge in [0.2, 0.25) is 5.89 Å². The van der Waals surface area contributed by atoms with E-state index in [1.165, 1.54) is 12.7 Å². The Labute approximate surface area is 158 Å². The zero-order valence-electron chi connectivity index (χ0n) is 15.4. The van der Waals surface area contributed by atoms with Crippen molar-refractivity contribution in [2.45, 2.75) is 45.3 Å².